The van der Waals surface area contributed by atoms with E-state index in [-0.39, 0.29) is 5.63 Å². The molecule has 2 aromatic carbocycles. The maximum Gasteiger partial charge on any atom is 0.344 e. The van der Waals surface area contributed by atoms with Gasteiger partial charge in [-0.05, 0) is 36.7 Å². The summed E-state index contributed by atoms with van der Waals surface area (Å²) in [7, 11) is 0. The van der Waals surface area contributed by atoms with Crippen LogP contribution in [-0.4, -0.2) is 55.9 Å². The average Bonchev–Trinajstić information content (AvgIpc) is 2.80. The van der Waals surface area contributed by atoms with Crippen LogP contribution in [0.5, 0.6) is 5.75 Å². The molecule has 156 valence electrons. The van der Waals surface area contributed by atoms with Crippen molar-refractivity contribution in [3.05, 3.63) is 64.5 Å². The van der Waals surface area contributed by atoms with Crippen LogP contribution in [0.15, 0.2) is 57.7 Å². The van der Waals surface area contributed by atoms with E-state index in [4.69, 9.17) is 13.9 Å². The Morgan fingerprint density at radius 2 is 1.73 bits per heavy atom. The lowest BCUT2D eigenvalue weighted by Crippen LogP contribution is -2.39. The molecule has 5 rings (SSSR count). The van der Waals surface area contributed by atoms with E-state index in [1.807, 2.05) is 48.5 Å². The van der Waals surface area contributed by atoms with Gasteiger partial charge in [-0.15, -0.1) is 0 Å². The summed E-state index contributed by atoms with van der Waals surface area (Å²) in [5.41, 5.74) is 2.73. The Morgan fingerprint density at radius 1 is 0.933 bits per heavy atom. The van der Waals surface area contributed by atoms with Crippen LogP contribution in [0.1, 0.15) is 12.0 Å². The van der Waals surface area contributed by atoms with E-state index < -0.39 is 0 Å². The van der Waals surface area contributed by atoms with E-state index in [1.54, 1.807) is 0 Å². The zero-order chi connectivity index (χ0) is 20.3. The fraction of sp³-hybridized carbons (Fsp3) is 0.375. The highest BCUT2D eigenvalue weighted by molar-refractivity contribution is 5.86. The van der Waals surface area contributed by atoms with Gasteiger partial charge in [-0.3, -0.25) is 9.80 Å². The van der Waals surface area contributed by atoms with Gasteiger partial charge in [0.2, 0.25) is 0 Å². The lowest BCUT2D eigenvalue weighted by molar-refractivity contribution is 0.0330. The molecular weight excluding hydrogens is 380 g/mol. The number of benzene rings is 2. The van der Waals surface area contributed by atoms with Gasteiger partial charge in [0.05, 0.1) is 24.3 Å². The summed E-state index contributed by atoms with van der Waals surface area (Å²) < 4.78 is 17.2. The van der Waals surface area contributed by atoms with E-state index >= 15 is 0 Å². The number of hydrogen-bond donors (Lipinski definition) is 0. The molecule has 6 heteroatoms. The van der Waals surface area contributed by atoms with Crippen molar-refractivity contribution in [1.29, 1.82) is 0 Å². The molecule has 0 saturated carbocycles. The van der Waals surface area contributed by atoms with Crippen LogP contribution in [0, 0.1) is 0 Å². The average molecular weight is 406 g/mol. The predicted octanol–water partition coefficient (Wildman–Crippen LogP) is 3.33. The highest BCUT2D eigenvalue weighted by atomic mass is 16.5. The third-order valence-corrected chi connectivity index (χ3v) is 5.88. The second-order valence-corrected chi connectivity index (χ2v) is 7.91. The number of nitrogens with zero attached hydrogens (tertiary/aromatic N) is 2. The fourth-order valence-electron chi connectivity index (χ4n) is 4.24. The molecule has 2 aliphatic heterocycles. The first-order valence-corrected chi connectivity index (χ1v) is 10.6. The largest absolute Gasteiger partial charge is 0.478 e. The summed E-state index contributed by atoms with van der Waals surface area (Å²) in [6, 6.07) is 15.5. The van der Waals surface area contributed by atoms with Crippen molar-refractivity contribution >= 4 is 11.0 Å². The van der Waals surface area contributed by atoms with Gasteiger partial charge in [-0.1, -0.05) is 30.3 Å². The smallest absolute Gasteiger partial charge is 0.344 e. The lowest BCUT2D eigenvalue weighted by atomic mass is 10.0. The van der Waals surface area contributed by atoms with E-state index in [0.29, 0.717) is 17.9 Å². The van der Waals surface area contributed by atoms with Crippen molar-refractivity contribution < 1.29 is 13.9 Å². The molecular formula is C24H26N2O4. The van der Waals surface area contributed by atoms with Crippen LogP contribution >= 0.6 is 0 Å². The number of fused-ring (bicyclic) bond motifs is 3. The highest BCUT2D eigenvalue weighted by Gasteiger charge is 2.22. The molecule has 0 radical (unpaired) electrons. The molecule has 0 bridgehead atoms. The second kappa shape index (κ2) is 8.60. The molecule has 0 atom stereocenters. The SMILES string of the molecule is O=c1oc2c3c(ccc2cc1-c1ccccc1)OCN(CCCN1CCOCC1)C3. The van der Waals surface area contributed by atoms with Crippen molar-refractivity contribution in [1.82, 2.24) is 9.80 Å². The maximum atomic E-state index is 12.7. The van der Waals surface area contributed by atoms with Gasteiger partial charge in [0, 0.05) is 31.6 Å². The summed E-state index contributed by atoms with van der Waals surface area (Å²) >= 11 is 0. The Kier molecular flexibility index (Phi) is 5.53. The number of morpholine rings is 1. The number of hydrogen-bond acceptors (Lipinski definition) is 6. The third kappa shape index (κ3) is 3.99. The van der Waals surface area contributed by atoms with Crippen molar-refractivity contribution in [2.45, 2.75) is 13.0 Å². The molecule has 3 heterocycles. The quantitative estimate of drug-likeness (QED) is 0.606. The van der Waals surface area contributed by atoms with E-state index in [0.717, 1.165) is 74.6 Å². The highest BCUT2D eigenvalue weighted by Crippen LogP contribution is 2.33. The Bertz CT molecular complexity index is 1070. The van der Waals surface area contributed by atoms with Crippen LogP contribution in [0.3, 0.4) is 0 Å². The Balaban J connectivity index is 1.35. The van der Waals surface area contributed by atoms with Crippen LogP contribution < -0.4 is 10.4 Å². The minimum Gasteiger partial charge on any atom is -0.478 e. The summed E-state index contributed by atoms with van der Waals surface area (Å²) in [5, 5.41) is 0.922. The topological polar surface area (TPSA) is 55.2 Å². The molecule has 0 N–H and O–H groups in total. The van der Waals surface area contributed by atoms with Crippen molar-refractivity contribution in [3.63, 3.8) is 0 Å². The first-order chi connectivity index (χ1) is 14.8. The van der Waals surface area contributed by atoms with Crippen LogP contribution in [0.4, 0.5) is 0 Å². The summed E-state index contributed by atoms with van der Waals surface area (Å²) in [6.45, 7) is 6.98. The normalized spacial score (nSPS) is 17.6. The maximum absolute atomic E-state index is 12.7. The lowest BCUT2D eigenvalue weighted by Gasteiger charge is -2.31. The van der Waals surface area contributed by atoms with Crippen LogP contribution in [0.2, 0.25) is 0 Å². The van der Waals surface area contributed by atoms with Crippen LogP contribution in [0.25, 0.3) is 22.1 Å². The van der Waals surface area contributed by atoms with Gasteiger partial charge < -0.3 is 13.9 Å². The monoisotopic (exact) mass is 406 g/mol. The van der Waals surface area contributed by atoms with Gasteiger partial charge in [0.25, 0.3) is 0 Å². The van der Waals surface area contributed by atoms with Gasteiger partial charge in [-0.2, -0.15) is 0 Å². The fourth-order valence-corrected chi connectivity index (χ4v) is 4.24. The summed E-state index contributed by atoms with van der Waals surface area (Å²) in [5.74, 6) is 0.808. The van der Waals surface area contributed by atoms with Crippen LogP contribution in [-0.2, 0) is 11.3 Å². The van der Waals surface area contributed by atoms with Crippen molar-refractivity contribution in [2.75, 3.05) is 46.1 Å². The van der Waals surface area contributed by atoms with Gasteiger partial charge in [0.15, 0.2) is 0 Å². The molecule has 1 fully saturated rings. The third-order valence-electron chi connectivity index (χ3n) is 5.88. The second-order valence-electron chi connectivity index (χ2n) is 7.91. The van der Waals surface area contributed by atoms with Crippen molar-refractivity contribution in [3.8, 4) is 16.9 Å². The number of rotatable bonds is 5. The molecule has 6 nitrogen and oxygen atoms in total. The van der Waals surface area contributed by atoms with Gasteiger partial charge in [0.1, 0.15) is 18.1 Å². The Labute approximate surface area is 175 Å². The molecule has 30 heavy (non-hydrogen) atoms. The molecule has 0 spiro atoms. The summed E-state index contributed by atoms with van der Waals surface area (Å²) in [6.07, 6.45) is 1.07. The van der Waals surface area contributed by atoms with E-state index in [1.165, 1.54) is 0 Å². The first-order valence-electron chi connectivity index (χ1n) is 10.6. The Hall–Kier alpha value is -2.67. The zero-order valence-electron chi connectivity index (χ0n) is 17.0. The molecule has 3 aromatic rings. The minimum atomic E-state index is -0.313. The van der Waals surface area contributed by atoms with Gasteiger partial charge in [-0.25, -0.2) is 4.79 Å². The predicted molar refractivity (Wildman–Crippen MR) is 116 cm³/mol. The number of ether oxygens (including phenoxy) is 2. The first kappa shape index (κ1) is 19.3. The molecule has 2 aliphatic rings. The molecule has 0 amide bonds. The van der Waals surface area contributed by atoms with E-state index in [2.05, 4.69) is 9.80 Å². The molecule has 0 unspecified atom stereocenters. The zero-order valence-corrected chi connectivity index (χ0v) is 17.0. The van der Waals surface area contributed by atoms with Gasteiger partial charge >= 0.3 is 5.63 Å². The Morgan fingerprint density at radius 3 is 2.57 bits per heavy atom. The summed E-state index contributed by atoms with van der Waals surface area (Å²) in [4.78, 5) is 17.4. The van der Waals surface area contributed by atoms with E-state index in [9.17, 15) is 4.79 Å². The standard InChI is InChI=1S/C24H26N2O4/c27-24-20(18-5-2-1-3-6-18)15-19-7-8-22-21(23(19)30-24)16-26(17-29-22)10-4-9-25-11-13-28-14-12-25/h1-3,5-8,15H,4,9-14,16-17H2. The molecule has 1 aromatic heterocycles. The minimum absolute atomic E-state index is 0.313. The molecule has 0 aliphatic carbocycles. The van der Waals surface area contributed by atoms with Crippen molar-refractivity contribution in [2.24, 2.45) is 0 Å². The molecule has 1 saturated heterocycles.